The number of ether oxygens (including phenoxy) is 2. The van der Waals surface area contributed by atoms with Crippen molar-refractivity contribution >= 4 is 6.09 Å². The Hall–Kier alpha value is -3.97. The average molecular weight is 774 g/mol. The first-order valence-corrected chi connectivity index (χ1v) is 18.1. The monoisotopic (exact) mass is 773 g/mol. The fourth-order valence-electron chi connectivity index (χ4n) is 8.45. The molecule has 54 heavy (non-hydrogen) atoms. The van der Waals surface area contributed by atoms with Gasteiger partial charge in [-0.2, -0.15) is 39.5 Å². The van der Waals surface area contributed by atoms with Gasteiger partial charge in [-0.3, -0.25) is 4.90 Å². The highest BCUT2D eigenvalue weighted by Crippen LogP contribution is 2.52. The lowest BCUT2D eigenvalue weighted by molar-refractivity contribution is -0.143. The van der Waals surface area contributed by atoms with Crippen LogP contribution in [0, 0.1) is 17.7 Å². The molecule has 1 heterocycles. The molecule has 3 aromatic carbocycles. The van der Waals surface area contributed by atoms with E-state index in [2.05, 4.69) is 0 Å². The van der Waals surface area contributed by atoms with Crippen molar-refractivity contribution in [3.05, 3.63) is 87.7 Å². The first-order valence-electron chi connectivity index (χ1n) is 18.1. The van der Waals surface area contributed by atoms with Gasteiger partial charge in [0, 0.05) is 11.6 Å². The topological polar surface area (TPSA) is 38.8 Å². The van der Waals surface area contributed by atoms with Gasteiger partial charge in [0.2, 0.25) is 0 Å². The maximum atomic E-state index is 16.2. The smallest absolute Gasteiger partial charge is 0.416 e. The lowest BCUT2D eigenvalue weighted by Gasteiger charge is -2.35. The van der Waals surface area contributed by atoms with Gasteiger partial charge < -0.3 is 9.47 Å². The molecule has 0 spiro atoms. The van der Waals surface area contributed by atoms with Crippen molar-refractivity contribution in [1.82, 2.24) is 4.90 Å². The predicted octanol–water partition coefficient (Wildman–Crippen LogP) is 12.7. The minimum atomic E-state index is -5.16. The molecule has 2 aliphatic carbocycles. The number of nitrogens with zero attached hydrogens (tertiary/aromatic N) is 1. The van der Waals surface area contributed by atoms with E-state index in [-0.39, 0.29) is 28.5 Å². The minimum absolute atomic E-state index is 0.0317. The summed E-state index contributed by atoms with van der Waals surface area (Å²) < 4.78 is 151. The molecule has 0 radical (unpaired) electrons. The standard InChI is InChI=1S/C40H41F10NO3/c1-4-37(12-7-5-6-8-23-14-24(23)11-13-37)32-19-31(34(53-3)20-33(32)41)30-10-9-27(38(42,43)44)17-26(30)21-51-22(2)35(54-36(51)52)25-15-28(39(45,46)47)18-29(16-25)40(48,49)50/h9-10,15-20,22-24,35H,4-8,11-14,21H2,1-3H3/t22-,23?,24?,35-,37?/m0/s1. The summed E-state index contributed by atoms with van der Waals surface area (Å²) >= 11 is 0. The van der Waals surface area contributed by atoms with Gasteiger partial charge in [0.05, 0.1) is 36.4 Å². The van der Waals surface area contributed by atoms with E-state index in [4.69, 9.17) is 9.47 Å². The number of hydrogen-bond acceptors (Lipinski definition) is 3. The van der Waals surface area contributed by atoms with E-state index in [9.17, 15) is 44.3 Å². The normalized spacial score (nSPS) is 25.3. The van der Waals surface area contributed by atoms with Crippen molar-refractivity contribution < 1.29 is 58.2 Å². The number of methoxy groups -OCH3 is 1. The van der Waals surface area contributed by atoms with Crippen LogP contribution in [0.2, 0.25) is 0 Å². The van der Waals surface area contributed by atoms with Crippen molar-refractivity contribution in [2.45, 2.75) is 114 Å². The summed E-state index contributed by atoms with van der Waals surface area (Å²) in [5.41, 5.74) is -4.61. The molecule has 4 nitrogen and oxygen atoms in total. The van der Waals surface area contributed by atoms with Crippen LogP contribution in [0.4, 0.5) is 48.7 Å². The molecule has 294 valence electrons. The molecule has 1 aliphatic heterocycles. The minimum Gasteiger partial charge on any atom is -0.496 e. The fraction of sp³-hybridized carbons (Fsp3) is 0.525. The number of carbonyl (C=O) groups excluding carboxylic acids is 1. The quantitative estimate of drug-likeness (QED) is 0.225. The molecule has 3 aromatic rings. The predicted molar refractivity (Wildman–Crippen MR) is 180 cm³/mol. The van der Waals surface area contributed by atoms with Crippen LogP contribution in [0.1, 0.15) is 111 Å². The van der Waals surface area contributed by atoms with E-state index in [0.717, 1.165) is 55.6 Å². The van der Waals surface area contributed by atoms with Crippen molar-refractivity contribution in [3.63, 3.8) is 0 Å². The number of amides is 1. The molecular formula is C40H41F10NO3. The largest absolute Gasteiger partial charge is 0.496 e. The van der Waals surface area contributed by atoms with E-state index in [1.165, 1.54) is 32.6 Å². The molecule has 3 unspecified atom stereocenters. The number of benzene rings is 3. The van der Waals surface area contributed by atoms with Crippen LogP contribution in [-0.4, -0.2) is 24.1 Å². The highest BCUT2D eigenvalue weighted by molar-refractivity contribution is 5.77. The first-order chi connectivity index (χ1) is 25.3. The van der Waals surface area contributed by atoms with Gasteiger partial charge in [-0.05, 0) is 115 Å². The number of alkyl halides is 9. The summed E-state index contributed by atoms with van der Waals surface area (Å²) in [5.74, 6) is 0.792. The summed E-state index contributed by atoms with van der Waals surface area (Å²) in [7, 11) is 1.29. The van der Waals surface area contributed by atoms with E-state index in [1.54, 1.807) is 6.07 Å². The van der Waals surface area contributed by atoms with Crippen LogP contribution in [0.3, 0.4) is 0 Å². The zero-order valence-corrected chi connectivity index (χ0v) is 30.0. The molecule has 0 N–H and O–H groups in total. The third kappa shape index (κ3) is 8.03. The van der Waals surface area contributed by atoms with Crippen molar-refractivity contribution in [2.75, 3.05) is 7.11 Å². The fourth-order valence-corrected chi connectivity index (χ4v) is 8.45. The Kier molecular flexibility index (Phi) is 10.7. The Morgan fingerprint density at radius 2 is 1.44 bits per heavy atom. The summed E-state index contributed by atoms with van der Waals surface area (Å²) in [6, 6.07) is 5.36. The molecule has 3 fully saturated rings. The SMILES string of the molecule is CCC1(c2cc(-c3ccc(C(F)(F)F)cc3CN3C(=O)O[C@H](c4cc(C(F)(F)F)cc(C(F)(F)F)c4)[C@@H]3C)c(OC)cc2F)CCCCCC2CC2CC1. The van der Waals surface area contributed by atoms with E-state index in [1.807, 2.05) is 6.92 Å². The summed E-state index contributed by atoms with van der Waals surface area (Å²) in [6.07, 6.45) is -9.59. The second-order valence-electron chi connectivity index (χ2n) is 14.9. The molecule has 0 aromatic heterocycles. The summed E-state index contributed by atoms with van der Waals surface area (Å²) in [5, 5.41) is 0. The van der Waals surface area contributed by atoms with Crippen molar-refractivity contribution in [1.29, 1.82) is 0 Å². The van der Waals surface area contributed by atoms with Crippen LogP contribution < -0.4 is 4.74 Å². The van der Waals surface area contributed by atoms with Crippen molar-refractivity contribution in [2.24, 2.45) is 11.8 Å². The molecule has 1 amide bonds. The average Bonchev–Trinajstić information content (AvgIpc) is 3.81. The molecule has 6 rings (SSSR count). The zero-order chi connectivity index (χ0) is 39.4. The maximum absolute atomic E-state index is 16.2. The molecule has 3 aliphatic rings. The van der Waals surface area contributed by atoms with Gasteiger partial charge in [0.25, 0.3) is 0 Å². The van der Waals surface area contributed by atoms with Gasteiger partial charge in [-0.25, -0.2) is 9.18 Å². The highest BCUT2D eigenvalue weighted by atomic mass is 19.4. The molecular weight excluding hydrogens is 732 g/mol. The molecule has 2 saturated carbocycles. The lowest BCUT2D eigenvalue weighted by atomic mass is 9.69. The zero-order valence-electron chi connectivity index (χ0n) is 30.0. The lowest BCUT2D eigenvalue weighted by Crippen LogP contribution is -2.32. The van der Waals surface area contributed by atoms with E-state index < -0.39 is 76.8 Å². The summed E-state index contributed by atoms with van der Waals surface area (Å²) in [4.78, 5) is 14.2. The molecule has 5 atom stereocenters. The number of hydrogen-bond donors (Lipinski definition) is 0. The summed E-state index contributed by atoms with van der Waals surface area (Å²) in [6.45, 7) is 2.75. The number of halogens is 10. The Balaban J connectivity index is 1.42. The van der Waals surface area contributed by atoms with E-state index >= 15 is 4.39 Å². The number of carbonyl (C=O) groups is 1. The molecule has 1 saturated heterocycles. The second-order valence-corrected chi connectivity index (χ2v) is 14.9. The second kappa shape index (κ2) is 14.6. The van der Waals surface area contributed by atoms with E-state index in [0.29, 0.717) is 42.4 Å². The van der Waals surface area contributed by atoms with Crippen LogP contribution in [0.25, 0.3) is 11.1 Å². The van der Waals surface area contributed by atoms with Gasteiger partial charge in [0.1, 0.15) is 17.7 Å². The van der Waals surface area contributed by atoms with Crippen LogP contribution in [-0.2, 0) is 35.2 Å². The van der Waals surface area contributed by atoms with Gasteiger partial charge in [-0.1, -0.05) is 38.7 Å². The Bertz CT molecular complexity index is 1840. The Morgan fingerprint density at radius 1 is 0.796 bits per heavy atom. The van der Waals surface area contributed by atoms with Gasteiger partial charge >= 0.3 is 24.6 Å². The first kappa shape index (κ1) is 39.7. The third-order valence-corrected chi connectivity index (χ3v) is 11.7. The molecule has 14 heteroatoms. The van der Waals surface area contributed by atoms with Crippen LogP contribution in [0.5, 0.6) is 5.75 Å². The Morgan fingerprint density at radius 3 is 2.06 bits per heavy atom. The Labute approximate surface area is 306 Å². The number of fused-ring (bicyclic) bond motifs is 1. The maximum Gasteiger partial charge on any atom is 0.416 e. The van der Waals surface area contributed by atoms with Gasteiger partial charge in [0.15, 0.2) is 0 Å². The third-order valence-electron chi connectivity index (χ3n) is 11.7. The van der Waals surface area contributed by atoms with Crippen LogP contribution in [0.15, 0.2) is 48.5 Å². The van der Waals surface area contributed by atoms with Crippen LogP contribution >= 0.6 is 0 Å². The highest BCUT2D eigenvalue weighted by Gasteiger charge is 2.45. The molecule has 0 bridgehead atoms. The van der Waals surface area contributed by atoms with Crippen molar-refractivity contribution in [3.8, 4) is 16.9 Å². The number of rotatable bonds is 7. The number of cyclic esters (lactones) is 1. The van der Waals surface area contributed by atoms with Gasteiger partial charge in [-0.15, -0.1) is 0 Å².